The Kier molecular flexibility index (Phi) is 4.64. The first kappa shape index (κ1) is 15.2. The monoisotopic (exact) mass is 273 g/mol. The zero-order valence-electron chi connectivity index (χ0n) is 13.3. The summed E-state index contributed by atoms with van der Waals surface area (Å²) in [5.74, 6) is 0.394. The van der Waals surface area contributed by atoms with Crippen molar-refractivity contribution in [1.82, 2.24) is 4.90 Å². The standard InChI is InChI=1S/C18H27NO/c1-14-8-9-16(12-15(14)2)13-17(20)18(19(3)4)10-6-5-7-11-18/h8-9,12H,5-7,10-11,13H2,1-4H3. The van der Waals surface area contributed by atoms with E-state index in [-0.39, 0.29) is 5.54 Å². The largest absolute Gasteiger partial charge is 0.297 e. The van der Waals surface area contributed by atoms with Crippen LogP contribution in [0.3, 0.4) is 0 Å². The topological polar surface area (TPSA) is 20.3 Å². The van der Waals surface area contributed by atoms with Crippen LogP contribution in [0.4, 0.5) is 0 Å². The Bertz CT molecular complexity index is 484. The van der Waals surface area contributed by atoms with Gasteiger partial charge >= 0.3 is 0 Å². The molecule has 1 aromatic rings. The van der Waals surface area contributed by atoms with Crippen LogP contribution in [0.15, 0.2) is 18.2 Å². The van der Waals surface area contributed by atoms with Gasteiger partial charge in [0.1, 0.15) is 0 Å². The minimum Gasteiger partial charge on any atom is -0.297 e. The van der Waals surface area contributed by atoms with Gasteiger partial charge in [0.25, 0.3) is 0 Å². The average Bonchev–Trinajstić information content (AvgIpc) is 2.43. The smallest absolute Gasteiger partial charge is 0.157 e. The molecule has 0 radical (unpaired) electrons. The Morgan fingerprint density at radius 3 is 2.30 bits per heavy atom. The Balaban J connectivity index is 2.18. The van der Waals surface area contributed by atoms with Crippen LogP contribution in [0.2, 0.25) is 0 Å². The number of benzene rings is 1. The lowest BCUT2D eigenvalue weighted by atomic mass is 9.76. The molecule has 1 aliphatic rings. The Morgan fingerprint density at radius 1 is 1.10 bits per heavy atom. The molecule has 1 saturated carbocycles. The van der Waals surface area contributed by atoms with Crippen molar-refractivity contribution in [2.24, 2.45) is 0 Å². The van der Waals surface area contributed by atoms with Crippen molar-refractivity contribution in [3.8, 4) is 0 Å². The summed E-state index contributed by atoms with van der Waals surface area (Å²) < 4.78 is 0. The van der Waals surface area contributed by atoms with Gasteiger partial charge in [0.2, 0.25) is 0 Å². The van der Waals surface area contributed by atoms with Crippen molar-refractivity contribution in [2.45, 2.75) is 57.9 Å². The quantitative estimate of drug-likeness (QED) is 0.834. The highest BCUT2D eigenvalue weighted by atomic mass is 16.1. The van der Waals surface area contributed by atoms with E-state index in [1.54, 1.807) is 0 Å². The zero-order chi connectivity index (χ0) is 14.8. The van der Waals surface area contributed by atoms with Crippen LogP contribution >= 0.6 is 0 Å². The van der Waals surface area contributed by atoms with E-state index < -0.39 is 0 Å². The minimum atomic E-state index is -0.225. The first-order chi connectivity index (χ1) is 9.45. The Labute approximate surface area is 123 Å². The predicted molar refractivity (Wildman–Crippen MR) is 84.1 cm³/mol. The molecule has 0 bridgehead atoms. The lowest BCUT2D eigenvalue weighted by Gasteiger charge is -2.41. The molecule has 0 aliphatic heterocycles. The van der Waals surface area contributed by atoms with Crippen LogP contribution in [0.5, 0.6) is 0 Å². The highest BCUT2D eigenvalue weighted by Crippen LogP contribution is 2.34. The van der Waals surface area contributed by atoms with E-state index in [1.807, 2.05) is 0 Å². The summed E-state index contributed by atoms with van der Waals surface area (Å²) in [5.41, 5.74) is 3.50. The van der Waals surface area contributed by atoms with Crippen molar-refractivity contribution in [1.29, 1.82) is 0 Å². The maximum absolute atomic E-state index is 12.9. The number of ketones is 1. The predicted octanol–water partition coefficient (Wildman–Crippen LogP) is 3.68. The van der Waals surface area contributed by atoms with Crippen molar-refractivity contribution in [3.63, 3.8) is 0 Å². The highest BCUT2D eigenvalue weighted by molar-refractivity contribution is 5.90. The summed E-state index contributed by atoms with van der Waals surface area (Å²) in [6, 6.07) is 6.40. The molecule has 0 heterocycles. The van der Waals surface area contributed by atoms with E-state index in [4.69, 9.17) is 0 Å². The fourth-order valence-electron chi connectivity index (χ4n) is 3.38. The summed E-state index contributed by atoms with van der Waals surface area (Å²) in [6.45, 7) is 4.23. The van der Waals surface area contributed by atoms with Gasteiger partial charge in [-0.2, -0.15) is 0 Å². The molecule has 0 saturated heterocycles. The van der Waals surface area contributed by atoms with Gasteiger partial charge in [0.05, 0.1) is 5.54 Å². The van der Waals surface area contributed by atoms with Gasteiger partial charge in [-0.3, -0.25) is 9.69 Å². The second kappa shape index (κ2) is 6.09. The molecule has 2 rings (SSSR count). The van der Waals surface area contributed by atoms with Gasteiger partial charge in [0.15, 0.2) is 5.78 Å². The molecule has 0 unspecified atom stereocenters. The van der Waals surface area contributed by atoms with Crippen LogP contribution in [-0.4, -0.2) is 30.3 Å². The van der Waals surface area contributed by atoms with Gasteiger partial charge in [-0.1, -0.05) is 37.5 Å². The summed E-state index contributed by atoms with van der Waals surface area (Å²) >= 11 is 0. The van der Waals surface area contributed by atoms with E-state index in [0.717, 1.165) is 18.4 Å². The minimum absolute atomic E-state index is 0.225. The van der Waals surface area contributed by atoms with Crippen LogP contribution in [0.25, 0.3) is 0 Å². The van der Waals surface area contributed by atoms with Crippen molar-refractivity contribution >= 4 is 5.78 Å². The molecular weight excluding hydrogens is 246 g/mol. The van der Waals surface area contributed by atoms with Crippen molar-refractivity contribution in [3.05, 3.63) is 34.9 Å². The van der Waals surface area contributed by atoms with E-state index in [1.165, 1.54) is 30.4 Å². The molecule has 110 valence electrons. The lowest BCUT2D eigenvalue weighted by molar-refractivity contribution is -0.131. The fourth-order valence-corrected chi connectivity index (χ4v) is 3.38. The molecule has 1 aliphatic carbocycles. The number of likely N-dealkylation sites (N-methyl/N-ethyl adjacent to an activating group) is 1. The molecule has 0 N–H and O–H groups in total. The van der Waals surface area contributed by atoms with E-state index in [2.05, 4.69) is 51.0 Å². The molecule has 2 heteroatoms. The zero-order valence-corrected chi connectivity index (χ0v) is 13.3. The van der Waals surface area contributed by atoms with E-state index in [0.29, 0.717) is 12.2 Å². The van der Waals surface area contributed by atoms with Crippen LogP contribution in [-0.2, 0) is 11.2 Å². The van der Waals surface area contributed by atoms with Crippen molar-refractivity contribution in [2.75, 3.05) is 14.1 Å². The summed E-state index contributed by atoms with van der Waals surface area (Å²) in [4.78, 5) is 15.0. The number of aryl methyl sites for hydroxylation is 2. The van der Waals surface area contributed by atoms with Gasteiger partial charge in [-0.25, -0.2) is 0 Å². The van der Waals surface area contributed by atoms with E-state index >= 15 is 0 Å². The summed E-state index contributed by atoms with van der Waals surface area (Å²) in [7, 11) is 4.12. The van der Waals surface area contributed by atoms with Crippen LogP contribution in [0.1, 0.15) is 48.8 Å². The summed E-state index contributed by atoms with van der Waals surface area (Å²) in [6.07, 6.45) is 6.23. The third-order valence-electron chi connectivity index (χ3n) is 4.99. The maximum atomic E-state index is 12.9. The number of nitrogens with zero attached hydrogens (tertiary/aromatic N) is 1. The number of carbonyl (C=O) groups is 1. The highest BCUT2D eigenvalue weighted by Gasteiger charge is 2.40. The molecule has 0 spiro atoms. The van der Waals surface area contributed by atoms with Gasteiger partial charge in [-0.15, -0.1) is 0 Å². The molecular formula is C18H27NO. The molecule has 2 nitrogen and oxygen atoms in total. The number of carbonyl (C=O) groups excluding carboxylic acids is 1. The van der Waals surface area contributed by atoms with Crippen LogP contribution in [0, 0.1) is 13.8 Å². The molecule has 1 aromatic carbocycles. The third-order valence-corrected chi connectivity index (χ3v) is 4.99. The molecule has 0 amide bonds. The summed E-state index contributed by atoms with van der Waals surface area (Å²) in [5, 5.41) is 0. The second-order valence-electron chi connectivity index (χ2n) is 6.51. The SMILES string of the molecule is Cc1ccc(CC(=O)C2(N(C)C)CCCCC2)cc1C. The molecule has 1 fully saturated rings. The molecule has 20 heavy (non-hydrogen) atoms. The average molecular weight is 273 g/mol. The Morgan fingerprint density at radius 2 is 1.75 bits per heavy atom. The fraction of sp³-hybridized carbons (Fsp3) is 0.611. The van der Waals surface area contributed by atoms with Crippen LogP contribution < -0.4 is 0 Å². The number of hydrogen-bond acceptors (Lipinski definition) is 2. The lowest BCUT2D eigenvalue weighted by Crippen LogP contribution is -2.53. The number of hydrogen-bond donors (Lipinski definition) is 0. The molecule has 0 atom stereocenters. The number of Topliss-reactive ketones (excluding diaryl/α,β-unsaturated/α-hetero) is 1. The number of rotatable bonds is 4. The second-order valence-corrected chi connectivity index (χ2v) is 6.51. The van der Waals surface area contributed by atoms with Gasteiger partial charge in [0, 0.05) is 6.42 Å². The maximum Gasteiger partial charge on any atom is 0.157 e. The third kappa shape index (κ3) is 2.95. The van der Waals surface area contributed by atoms with Gasteiger partial charge < -0.3 is 0 Å². The first-order valence-corrected chi connectivity index (χ1v) is 7.72. The Hall–Kier alpha value is -1.15. The molecule has 0 aromatic heterocycles. The normalized spacial score (nSPS) is 18.2. The first-order valence-electron chi connectivity index (χ1n) is 7.72. The van der Waals surface area contributed by atoms with E-state index in [9.17, 15) is 4.79 Å². The van der Waals surface area contributed by atoms with Gasteiger partial charge in [-0.05, 0) is 57.5 Å². The van der Waals surface area contributed by atoms with Crippen molar-refractivity contribution < 1.29 is 4.79 Å².